The van der Waals surface area contributed by atoms with Crippen molar-refractivity contribution in [2.45, 2.75) is 32.3 Å². The molecular formula is C10H15ClN2O. The molecule has 1 heterocycles. The van der Waals surface area contributed by atoms with Crippen molar-refractivity contribution in [3.05, 3.63) is 16.9 Å². The van der Waals surface area contributed by atoms with Crippen molar-refractivity contribution in [3.63, 3.8) is 0 Å². The van der Waals surface area contributed by atoms with Gasteiger partial charge in [0.05, 0.1) is 16.9 Å². The standard InChI is InChI=1S/C10H15ClN2O/c1-9(2)4-5-10(9,14)8-7(11)6-12-13(8)3/h6,14H,4-5H2,1-3H3. The van der Waals surface area contributed by atoms with E-state index in [9.17, 15) is 5.11 Å². The molecule has 0 bridgehead atoms. The van der Waals surface area contributed by atoms with Crippen LogP contribution in [0.2, 0.25) is 5.02 Å². The van der Waals surface area contributed by atoms with E-state index >= 15 is 0 Å². The normalized spacial score (nSPS) is 30.1. The second-order valence-electron chi connectivity index (χ2n) is 4.71. The summed E-state index contributed by atoms with van der Waals surface area (Å²) in [5.41, 5.74) is -0.171. The predicted molar refractivity (Wildman–Crippen MR) is 55.1 cm³/mol. The highest BCUT2D eigenvalue weighted by Crippen LogP contribution is 2.56. The highest BCUT2D eigenvalue weighted by molar-refractivity contribution is 6.31. The first-order valence-corrected chi connectivity index (χ1v) is 5.17. The number of halogens is 1. The third-order valence-corrected chi connectivity index (χ3v) is 3.79. The minimum Gasteiger partial charge on any atom is -0.383 e. The van der Waals surface area contributed by atoms with Gasteiger partial charge in [-0.2, -0.15) is 5.10 Å². The van der Waals surface area contributed by atoms with E-state index in [1.165, 1.54) is 0 Å². The molecule has 0 amide bonds. The van der Waals surface area contributed by atoms with Crippen molar-refractivity contribution in [2.24, 2.45) is 12.5 Å². The molecule has 1 aliphatic rings. The van der Waals surface area contributed by atoms with Gasteiger partial charge in [0.2, 0.25) is 0 Å². The summed E-state index contributed by atoms with van der Waals surface area (Å²) in [6.45, 7) is 4.11. The Hall–Kier alpha value is -0.540. The van der Waals surface area contributed by atoms with Crippen LogP contribution in [0.4, 0.5) is 0 Å². The Morgan fingerprint density at radius 3 is 2.43 bits per heavy atom. The lowest BCUT2D eigenvalue weighted by Crippen LogP contribution is -2.52. The van der Waals surface area contributed by atoms with Gasteiger partial charge < -0.3 is 5.11 Å². The Morgan fingerprint density at radius 1 is 1.50 bits per heavy atom. The molecule has 3 nitrogen and oxygen atoms in total. The zero-order valence-electron chi connectivity index (χ0n) is 8.71. The Morgan fingerprint density at radius 2 is 2.14 bits per heavy atom. The van der Waals surface area contributed by atoms with Crippen LogP contribution in [0.5, 0.6) is 0 Å². The van der Waals surface area contributed by atoms with Gasteiger partial charge in [-0.3, -0.25) is 4.68 Å². The largest absolute Gasteiger partial charge is 0.383 e. The molecule has 0 saturated heterocycles. The Labute approximate surface area is 88.7 Å². The van der Waals surface area contributed by atoms with Crippen LogP contribution in [-0.2, 0) is 12.6 Å². The van der Waals surface area contributed by atoms with Crippen LogP contribution in [0.15, 0.2) is 6.20 Å². The molecule has 1 fully saturated rings. The predicted octanol–water partition coefficient (Wildman–Crippen LogP) is 2.08. The Balaban J connectivity index is 2.50. The molecule has 1 aromatic rings. The average Bonchev–Trinajstić information content (AvgIpc) is 2.44. The molecule has 1 aliphatic carbocycles. The molecular weight excluding hydrogens is 200 g/mol. The quantitative estimate of drug-likeness (QED) is 0.778. The summed E-state index contributed by atoms with van der Waals surface area (Å²) >= 11 is 6.03. The third-order valence-electron chi connectivity index (χ3n) is 3.52. The number of rotatable bonds is 1. The van der Waals surface area contributed by atoms with Crippen LogP contribution in [-0.4, -0.2) is 14.9 Å². The summed E-state index contributed by atoms with van der Waals surface area (Å²) in [5.74, 6) is 0. The molecule has 2 rings (SSSR count). The lowest BCUT2D eigenvalue weighted by atomic mass is 9.57. The minimum absolute atomic E-state index is 0.107. The van der Waals surface area contributed by atoms with Crippen LogP contribution in [0.25, 0.3) is 0 Å². The van der Waals surface area contributed by atoms with E-state index < -0.39 is 5.60 Å². The molecule has 1 atom stereocenters. The van der Waals surface area contributed by atoms with Crippen molar-refractivity contribution in [1.29, 1.82) is 0 Å². The van der Waals surface area contributed by atoms with Gasteiger partial charge >= 0.3 is 0 Å². The number of nitrogens with zero attached hydrogens (tertiary/aromatic N) is 2. The first-order chi connectivity index (χ1) is 6.38. The summed E-state index contributed by atoms with van der Waals surface area (Å²) in [4.78, 5) is 0. The van der Waals surface area contributed by atoms with Crippen LogP contribution in [0, 0.1) is 5.41 Å². The molecule has 0 spiro atoms. The van der Waals surface area contributed by atoms with Crippen LogP contribution < -0.4 is 0 Å². The van der Waals surface area contributed by atoms with E-state index in [4.69, 9.17) is 11.6 Å². The molecule has 1 aromatic heterocycles. The maximum Gasteiger partial charge on any atom is 0.113 e. The van der Waals surface area contributed by atoms with E-state index in [0.29, 0.717) is 5.02 Å². The number of hydrogen-bond acceptors (Lipinski definition) is 2. The summed E-state index contributed by atoms with van der Waals surface area (Å²) in [6.07, 6.45) is 3.37. The summed E-state index contributed by atoms with van der Waals surface area (Å²) in [6, 6.07) is 0. The molecule has 0 aromatic carbocycles. The van der Waals surface area contributed by atoms with Gasteiger partial charge in [-0.1, -0.05) is 25.4 Å². The monoisotopic (exact) mass is 214 g/mol. The van der Waals surface area contributed by atoms with Gasteiger partial charge in [0.15, 0.2) is 0 Å². The van der Waals surface area contributed by atoms with Crippen LogP contribution in [0.3, 0.4) is 0 Å². The highest BCUT2D eigenvalue weighted by atomic mass is 35.5. The van der Waals surface area contributed by atoms with Gasteiger partial charge in [0, 0.05) is 7.05 Å². The number of aryl methyl sites for hydroxylation is 1. The lowest BCUT2D eigenvalue weighted by molar-refractivity contribution is -0.160. The summed E-state index contributed by atoms with van der Waals surface area (Å²) in [5, 5.41) is 15.1. The van der Waals surface area contributed by atoms with Gasteiger partial charge in [-0.15, -0.1) is 0 Å². The average molecular weight is 215 g/mol. The number of aromatic nitrogens is 2. The van der Waals surface area contributed by atoms with Crippen LogP contribution in [0.1, 0.15) is 32.4 Å². The number of hydrogen-bond donors (Lipinski definition) is 1. The molecule has 1 saturated carbocycles. The van der Waals surface area contributed by atoms with E-state index in [1.807, 2.05) is 7.05 Å². The Kier molecular flexibility index (Phi) is 1.95. The van der Waals surface area contributed by atoms with Crippen molar-refractivity contribution in [3.8, 4) is 0 Å². The van der Waals surface area contributed by atoms with Crippen molar-refractivity contribution in [2.75, 3.05) is 0 Å². The van der Waals surface area contributed by atoms with Crippen molar-refractivity contribution < 1.29 is 5.11 Å². The van der Waals surface area contributed by atoms with E-state index in [2.05, 4.69) is 18.9 Å². The zero-order chi connectivity index (χ0) is 10.6. The fourth-order valence-corrected chi connectivity index (χ4v) is 2.50. The third kappa shape index (κ3) is 1.06. The van der Waals surface area contributed by atoms with Gasteiger partial charge in [-0.25, -0.2) is 0 Å². The molecule has 0 radical (unpaired) electrons. The first-order valence-electron chi connectivity index (χ1n) is 4.79. The van der Waals surface area contributed by atoms with Gasteiger partial charge in [0.1, 0.15) is 5.60 Å². The van der Waals surface area contributed by atoms with Crippen molar-refractivity contribution >= 4 is 11.6 Å². The van der Waals surface area contributed by atoms with Crippen LogP contribution >= 0.6 is 11.6 Å². The molecule has 1 unspecified atom stereocenters. The fourth-order valence-electron chi connectivity index (χ4n) is 2.18. The zero-order valence-corrected chi connectivity index (χ0v) is 9.47. The van der Waals surface area contributed by atoms with E-state index in [1.54, 1.807) is 10.9 Å². The minimum atomic E-state index is -0.810. The molecule has 14 heavy (non-hydrogen) atoms. The first kappa shape index (κ1) is 9.99. The molecule has 78 valence electrons. The molecule has 1 N–H and O–H groups in total. The van der Waals surface area contributed by atoms with Crippen molar-refractivity contribution in [1.82, 2.24) is 9.78 Å². The molecule has 0 aliphatic heterocycles. The fraction of sp³-hybridized carbons (Fsp3) is 0.700. The maximum atomic E-state index is 10.5. The van der Waals surface area contributed by atoms with E-state index in [0.717, 1.165) is 18.5 Å². The number of aliphatic hydroxyl groups is 1. The summed E-state index contributed by atoms with van der Waals surface area (Å²) < 4.78 is 1.67. The lowest BCUT2D eigenvalue weighted by Gasteiger charge is -2.52. The topological polar surface area (TPSA) is 38.0 Å². The Bertz CT molecular complexity index is 353. The smallest absolute Gasteiger partial charge is 0.113 e. The molecule has 4 heteroatoms. The SMILES string of the molecule is Cn1ncc(Cl)c1C1(O)CCC1(C)C. The second kappa shape index (κ2) is 2.74. The highest BCUT2D eigenvalue weighted by Gasteiger charge is 2.55. The maximum absolute atomic E-state index is 10.5. The van der Waals surface area contributed by atoms with E-state index in [-0.39, 0.29) is 5.41 Å². The van der Waals surface area contributed by atoms with Gasteiger partial charge in [0.25, 0.3) is 0 Å². The summed E-state index contributed by atoms with van der Waals surface area (Å²) in [7, 11) is 1.81. The second-order valence-corrected chi connectivity index (χ2v) is 5.12. The van der Waals surface area contributed by atoms with Gasteiger partial charge in [-0.05, 0) is 18.3 Å².